The zero-order valence-corrected chi connectivity index (χ0v) is 6.44. The number of carbonyl (C=O) groups is 1. The van der Waals surface area contributed by atoms with E-state index in [9.17, 15) is 0 Å². The van der Waals surface area contributed by atoms with Gasteiger partial charge in [-0.2, -0.15) is 0 Å². The van der Waals surface area contributed by atoms with E-state index in [2.05, 4.69) is 0 Å². The van der Waals surface area contributed by atoms with Gasteiger partial charge >= 0.3 is 112 Å². The van der Waals surface area contributed by atoms with Gasteiger partial charge in [0, 0.05) is 5.97 Å². The summed E-state index contributed by atoms with van der Waals surface area (Å²) in [6.07, 6.45) is 0. The van der Waals surface area contributed by atoms with Crippen LogP contribution in [-0.2, 0) is 4.79 Å². The summed E-state index contributed by atoms with van der Waals surface area (Å²) in [6, 6.07) is 0. The maximum absolute atomic E-state index is 8.89. The zero-order chi connectivity index (χ0) is 3.58. The normalized spacial score (nSPS) is 3.57. The summed E-state index contributed by atoms with van der Waals surface area (Å²) in [5, 5.41) is 8.89. The van der Waals surface area contributed by atoms with Crippen molar-refractivity contribution in [3.8, 4) is 0 Å². The van der Waals surface area contributed by atoms with E-state index in [0.717, 1.165) is 6.92 Å². The maximum Gasteiger partial charge on any atom is 1.00 e. The Morgan fingerprint density at radius 2 is 1.57 bits per heavy atom. The second-order valence-electron chi connectivity index (χ2n) is 0.492. The molecule has 0 heterocycles. The predicted octanol–water partition coefficient (Wildman–Crippen LogP) is -6.07. The summed E-state index contributed by atoms with van der Waals surface area (Å²) in [7, 11) is 0. The number of hydrogen-bond acceptors (Lipinski definition) is 2. The molecule has 7 heavy (non-hydrogen) atoms. The van der Waals surface area contributed by atoms with Crippen molar-refractivity contribution in [2.75, 3.05) is 0 Å². The molecule has 0 aromatic rings. The number of hydrogen-bond donors (Lipinski definition) is 0. The van der Waals surface area contributed by atoms with Gasteiger partial charge in [0.25, 0.3) is 0 Å². The van der Waals surface area contributed by atoms with Crippen molar-refractivity contribution in [1.82, 2.24) is 0 Å². The van der Waals surface area contributed by atoms with Gasteiger partial charge in [-0.1, -0.05) is 0 Å². The summed E-state index contributed by atoms with van der Waals surface area (Å²) >= 11 is 0. The Morgan fingerprint density at radius 1 is 1.57 bits per heavy atom. The van der Waals surface area contributed by atoms with Crippen molar-refractivity contribution >= 4 is 66.8 Å². The van der Waals surface area contributed by atoms with Crippen LogP contribution >= 0.6 is 0 Å². The van der Waals surface area contributed by atoms with Gasteiger partial charge in [-0.05, 0) is 6.92 Å². The minimum absolute atomic E-state index is 0. The van der Waals surface area contributed by atoms with Crippen molar-refractivity contribution in [2.24, 2.45) is 0 Å². The monoisotopic (exact) mass is 166 g/mol. The third-order valence-corrected chi connectivity index (χ3v) is 0. The Labute approximate surface area is 131 Å². The molecule has 0 saturated heterocycles. The Bertz CT molecular complexity index is 38.7. The summed E-state index contributed by atoms with van der Waals surface area (Å²) in [4.78, 5) is 8.89. The fourth-order valence-electron chi connectivity index (χ4n) is 0. The van der Waals surface area contributed by atoms with E-state index in [1.165, 1.54) is 0 Å². The maximum atomic E-state index is 8.89. The average molecular weight is 167 g/mol. The van der Waals surface area contributed by atoms with E-state index in [4.69, 9.17) is 9.90 Å². The number of carbonyl (C=O) groups excluding carboxylic acids is 1. The number of carboxylic acid groups (broad SMARTS) is 1. The Balaban J connectivity index is -0.0000000150. The summed E-state index contributed by atoms with van der Waals surface area (Å²) in [5.74, 6) is -1.08. The molecule has 2 nitrogen and oxygen atoms in total. The molecule has 32 valence electrons. The minimum atomic E-state index is -1.08. The number of carboxylic acids is 1. The quantitative estimate of drug-likeness (QED) is 0.336. The van der Waals surface area contributed by atoms with Gasteiger partial charge in [0.1, 0.15) is 0 Å². The van der Waals surface area contributed by atoms with E-state index in [-0.39, 0.29) is 112 Å². The molecule has 0 saturated carbocycles. The largest absolute Gasteiger partial charge is 1.00 e. The first-order valence-corrected chi connectivity index (χ1v) is 0.908. The van der Waals surface area contributed by atoms with E-state index < -0.39 is 5.97 Å². The molecule has 0 aliphatic rings. The molecular formula is C2H7CaKMgO2. The van der Waals surface area contributed by atoms with Gasteiger partial charge in [0.15, 0.2) is 0 Å². The third-order valence-electron chi connectivity index (χ3n) is 0. The van der Waals surface area contributed by atoms with Crippen molar-refractivity contribution in [3.05, 3.63) is 0 Å². The van der Waals surface area contributed by atoms with E-state index in [1.54, 1.807) is 0 Å². The van der Waals surface area contributed by atoms with E-state index in [0.29, 0.717) is 0 Å². The van der Waals surface area contributed by atoms with Crippen LogP contribution in [0.3, 0.4) is 0 Å². The summed E-state index contributed by atoms with van der Waals surface area (Å²) in [6.45, 7) is 0.972. The SMILES string of the molecule is CC(=O)[O-].[CaH2].[K+].[MgH2]. The molecule has 0 unspecified atom stereocenters. The number of aliphatic carboxylic acids is 1. The second-order valence-corrected chi connectivity index (χ2v) is 0.492. The van der Waals surface area contributed by atoms with Crippen LogP contribution in [0.5, 0.6) is 0 Å². The molecule has 5 heteroatoms. The van der Waals surface area contributed by atoms with Crippen LogP contribution in [0.15, 0.2) is 0 Å². The van der Waals surface area contributed by atoms with Crippen molar-refractivity contribution < 1.29 is 61.3 Å². The predicted molar refractivity (Wildman–Crippen MR) is 27.8 cm³/mol. The van der Waals surface area contributed by atoms with E-state index >= 15 is 0 Å². The molecule has 0 fully saturated rings. The molecule has 0 radical (unpaired) electrons. The van der Waals surface area contributed by atoms with Crippen LogP contribution in [0.1, 0.15) is 6.92 Å². The average Bonchev–Trinajstić information content (AvgIpc) is 0.811. The van der Waals surface area contributed by atoms with Gasteiger partial charge in [0.2, 0.25) is 0 Å². The molecule has 0 spiro atoms. The van der Waals surface area contributed by atoms with Crippen molar-refractivity contribution in [2.45, 2.75) is 6.92 Å². The second kappa shape index (κ2) is 16.1. The van der Waals surface area contributed by atoms with Gasteiger partial charge in [-0.15, -0.1) is 0 Å². The molecule has 0 aromatic carbocycles. The van der Waals surface area contributed by atoms with Crippen LogP contribution in [0, 0.1) is 0 Å². The van der Waals surface area contributed by atoms with Crippen LogP contribution in [0.2, 0.25) is 0 Å². The first kappa shape index (κ1) is 22.5. The third kappa shape index (κ3) is 47.3. The van der Waals surface area contributed by atoms with Crippen LogP contribution in [0.4, 0.5) is 0 Å². The number of rotatable bonds is 0. The first-order valence-electron chi connectivity index (χ1n) is 0.908. The minimum Gasteiger partial charge on any atom is 0.316 e. The molecule has 0 N–H and O–H groups in total. The zero-order valence-electron chi connectivity index (χ0n) is 3.32. The summed E-state index contributed by atoms with van der Waals surface area (Å²) < 4.78 is 0. The Morgan fingerprint density at radius 3 is 1.57 bits per heavy atom. The first-order chi connectivity index (χ1) is 1.73. The Kier molecular flexibility index (Phi) is 51.6. The molecular weight excluding hydrogens is 160 g/mol. The molecule has 0 bridgehead atoms. The van der Waals surface area contributed by atoms with Gasteiger partial charge < -0.3 is 9.90 Å². The molecule has 0 amide bonds. The van der Waals surface area contributed by atoms with Crippen molar-refractivity contribution in [1.29, 1.82) is 0 Å². The molecule has 0 aromatic heterocycles. The molecule has 0 aliphatic carbocycles. The fourth-order valence-corrected chi connectivity index (χ4v) is 0. The molecule has 0 rings (SSSR count). The molecule has 0 aliphatic heterocycles. The van der Waals surface area contributed by atoms with E-state index in [1.807, 2.05) is 0 Å². The fraction of sp³-hybridized carbons (Fsp3) is 0.500. The van der Waals surface area contributed by atoms with Crippen LogP contribution in [0.25, 0.3) is 0 Å². The summed E-state index contributed by atoms with van der Waals surface area (Å²) in [5.41, 5.74) is 0. The van der Waals surface area contributed by atoms with Gasteiger partial charge in [0.05, 0.1) is 0 Å². The van der Waals surface area contributed by atoms with Gasteiger partial charge in [-0.3, -0.25) is 0 Å². The van der Waals surface area contributed by atoms with Crippen molar-refractivity contribution in [3.63, 3.8) is 0 Å². The van der Waals surface area contributed by atoms with Crippen LogP contribution in [-0.4, -0.2) is 66.8 Å². The standard InChI is InChI=1S/C2H4O2.Ca.K.Mg.4H/c1-2(3)4;;;;;;;/h1H3,(H,3,4);;;;;;;/q;;+1;;;;;/p-1. The van der Waals surface area contributed by atoms with Gasteiger partial charge in [-0.25, -0.2) is 0 Å². The molecule has 0 atom stereocenters. The van der Waals surface area contributed by atoms with Crippen LogP contribution < -0.4 is 56.5 Å². The topological polar surface area (TPSA) is 40.1 Å². The Hall–Kier alpha value is 3.13. The smallest absolute Gasteiger partial charge is 0.316 e.